The van der Waals surface area contributed by atoms with Crippen molar-refractivity contribution in [3.8, 4) is 0 Å². The van der Waals surface area contributed by atoms with Crippen LogP contribution in [-0.4, -0.2) is 61.1 Å². The molecular formula is C25H36N6O3. The van der Waals surface area contributed by atoms with Crippen LogP contribution in [0.3, 0.4) is 0 Å². The second-order valence-electron chi connectivity index (χ2n) is 9.38. The van der Waals surface area contributed by atoms with Gasteiger partial charge in [-0.15, -0.1) is 5.10 Å². The Kier molecular flexibility index (Phi) is 8.07. The van der Waals surface area contributed by atoms with Gasteiger partial charge in [0.2, 0.25) is 0 Å². The summed E-state index contributed by atoms with van der Waals surface area (Å²) in [5, 5.41) is 23.2. The Balaban J connectivity index is 1.67. The molecule has 3 heterocycles. The van der Waals surface area contributed by atoms with Crippen molar-refractivity contribution in [2.45, 2.75) is 78.1 Å². The van der Waals surface area contributed by atoms with E-state index in [0.29, 0.717) is 31.6 Å². The molecular weight excluding hydrogens is 432 g/mol. The van der Waals surface area contributed by atoms with Crippen LogP contribution in [0.25, 0.3) is 10.9 Å². The number of ether oxygens (including phenoxy) is 1. The Labute approximate surface area is 200 Å². The van der Waals surface area contributed by atoms with Crippen LogP contribution in [-0.2, 0) is 17.8 Å². The first-order chi connectivity index (χ1) is 16.5. The van der Waals surface area contributed by atoms with Crippen LogP contribution < -0.4 is 5.56 Å². The number of nitrogens with zero attached hydrogens (tertiary/aromatic N) is 5. The number of fused-ring (bicyclic) bond motifs is 1. The smallest absolute Gasteiger partial charge is 0.252 e. The lowest BCUT2D eigenvalue weighted by Crippen LogP contribution is -2.34. The van der Waals surface area contributed by atoms with Gasteiger partial charge in [0.15, 0.2) is 5.82 Å². The van der Waals surface area contributed by atoms with E-state index in [2.05, 4.69) is 51.4 Å². The predicted molar refractivity (Wildman–Crippen MR) is 131 cm³/mol. The van der Waals surface area contributed by atoms with Crippen LogP contribution in [0.4, 0.5) is 0 Å². The van der Waals surface area contributed by atoms with Crippen molar-refractivity contribution < 1.29 is 9.84 Å². The van der Waals surface area contributed by atoms with Gasteiger partial charge in [-0.1, -0.05) is 25.0 Å². The van der Waals surface area contributed by atoms with E-state index in [4.69, 9.17) is 4.74 Å². The quantitative estimate of drug-likeness (QED) is 0.445. The molecule has 0 amide bonds. The maximum Gasteiger partial charge on any atom is 0.252 e. The van der Waals surface area contributed by atoms with Crippen molar-refractivity contribution in [2.24, 2.45) is 0 Å². The molecule has 1 aliphatic rings. The fourth-order valence-corrected chi connectivity index (χ4v) is 5.00. The first-order valence-corrected chi connectivity index (χ1v) is 12.4. The number of aliphatic hydroxyl groups excluding tert-OH is 1. The molecule has 3 aromatic rings. The maximum atomic E-state index is 13.1. The highest BCUT2D eigenvalue weighted by atomic mass is 16.5. The summed E-state index contributed by atoms with van der Waals surface area (Å²) >= 11 is 0. The van der Waals surface area contributed by atoms with E-state index in [-0.39, 0.29) is 24.3 Å². The summed E-state index contributed by atoms with van der Waals surface area (Å²) in [6, 6.07) is 6.11. The highest BCUT2D eigenvalue weighted by Crippen LogP contribution is 2.27. The number of aromatic amines is 1. The van der Waals surface area contributed by atoms with Gasteiger partial charge in [-0.05, 0) is 73.0 Å². The summed E-state index contributed by atoms with van der Waals surface area (Å²) in [5.74, 6) is 0.791. The minimum absolute atomic E-state index is 0.0673. The van der Waals surface area contributed by atoms with Gasteiger partial charge in [-0.2, -0.15) is 0 Å². The Morgan fingerprint density at radius 2 is 2.18 bits per heavy atom. The normalized spacial score (nSPS) is 17.1. The molecule has 0 aliphatic carbocycles. The van der Waals surface area contributed by atoms with E-state index in [1.807, 2.05) is 17.7 Å². The zero-order chi connectivity index (χ0) is 24.1. The number of hydrogen-bond donors (Lipinski definition) is 2. The molecule has 2 N–H and O–H groups in total. The van der Waals surface area contributed by atoms with Crippen LogP contribution in [0.5, 0.6) is 0 Å². The zero-order valence-corrected chi connectivity index (χ0v) is 20.5. The predicted octanol–water partition coefficient (Wildman–Crippen LogP) is 3.04. The van der Waals surface area contributed by atoms with E-state index in [9.17, 15) is 9.90 Å². The molecule has 1 aromatic carbocycles. The van der Waals surface area contributed by atoms with Crippen molar-refractivity contribution in [1.29, 1.82) is 0 Å². The summed E-state index contributed by atoms with van der Waals surface area (Å²) in [4.78, 5) is 18.4. The standard InChI is InChI=1S/C25H36N6O3/c1-4-7-22(24-27-28-29-31(24)16-21-8-5-11-34-21)30(9-6-10-32)15-20-14-19-13-17(2)12-18(3)23(19)26-25(20)33/h12-14,21-22,32H,4-11,15-16H2,1-3H3,(H,26,33). The highest BCUT2D eigenvalue weighted by molar-refractivity contribution is 5.82. The molecule has 9 heteroatoms. The van der Waals surface area contributed by atoms with Crippen LogP contribution in [0, 0.1) is 13.8 Å². The largest absolute Gasteiger partial charge is 0.396 e. The average Bonchev–Trinajstić information content (AvgIpc) is 3.49. The Morgan fingerprint density at radius 1 is 1.32 bits per heavy atom. The van der Waals surface area contributed by atoms with Crippen LogP contribution in [0.15, 0.2) is 23.0 Å². The van der Waals surface area contributed by atoms with Crippen molar-refractivity contribution in [3.05, 3.63) is 51.1 Å². The Hall–Kier alpha value is -2.62. The van der Waals surface area contributed by atoms with E-state index < -0.39 is 0 Å². The number of H-pyrrole nitrogens is 1. The van der Waals surface area contributed by atoms with Gasteiger partial charge in [-0.3, -0.25) is 9.69 Å². The summed E-state index contributed by atoms with van der Waals surface area (Å²) in [7, 11) is 0. The summed E-state index contributed by atoms with van der Waals surface area (Å²) in [6.07, 6.45) is 4.60. The molecule has 184 valence electrons. The topological polar surface area (TPSA) is 109 Å². The minimum Gasteiger partial charge on any atom is -0.396 e. The second kappa shape index (κ2) is 11.2. The lowest BCUT2D eigenvalue weighted by atomic mass is 10.0. The van der Waals surface area contributed by atoms with Crippen LogP contribution in [0.1, 0.15) is 67.6 Å². The van der Waals surface area contributed by atoms with E-state index in [1.54, 1.807) is 0 Å². The number of aryl methyl sites for hydroxylation is 2. The van der Waals surface area contributed by atoms with E-state index in [1.165, 1.54) is 0 Å². The molecule has 2 aromatic heterocycles. The number of aromatic nitrogens is 5. The second-order valence-corrected chi connectivity index (χ2v) is 9.38. The van der Waals surface area contributed by atoms with E-state index in [0.717, 1.165) is 60.1 Å². The van der Waals surface area contributed by atoms with Gasteiger partial charge in [0.05, 0.1) is 24.2 Å². The van der Waals surface area contributed by atoms with Crippen molar-refractivity contribution >= 4 is 10.9 Å². The molecule has 0 radical (unpaired) electrons. The SMILES string of the molecule is CCCC(c1nnnn1CC1CCCO1)N(CCCO)Cc1cc2cc(C)cc(C)c2[nH]c1=O. The van der Waals surface area contributed by atoms with Gasteiger partial charge in [0.25, 0.3) is 5.56 Å². The summed E-state index contributed by atoms with van der Waals surface area (Å²) in [6.45, 7) is 8.81. The molecule has 4 rings (SSSR count). The van der Waals surface area contributed by atoms with Crippen molar-refractivity contribution in [1.82, 2.24) is 30.1 Å². The third kappa shape index (κ3) is 5.54. The molecule has 9 nitrogen and oxygen atoms in total. The number of hydrogen-bond acceptors (Lipinski definition) is 7. The Morgan fingerprint density at radius 3 is 2.91 bits per heavy atom. The molecule has 0 spiro atoms. The number of pyridine rings is 1. The van der Waals surface area contributed by atoms with Crippen LogP contribution in [0.2, 0.25) is 0 Å². The Bertz CT molecular complexity index is 1150. The first-order valence-electron chi connectivity index (χ1n) is 12.4. The number of rotatable bonds is 11. The lowest BCUT2D eigenvalue weighted by molar-refractivity contribution is 0.0885. The van der Waals surface area contributed by atoms with Gasteiger partial charge >= 0.3 is 0 Å². The van der Waals surface area contributed by atoms with Crippen LogP contribution >= 0.6 is 0 Å². The van der Waals surface area contributed by atoms with Gasteiger partial charge in [-0.25, -0.2) is 4.68 Å². The first kappa shape index (κ1) is 24.5. The van der Waals surface area contributed by atoms with Gasteiger partial charge in [0, 0.05) is 31.9 Å². The number of benzene rings is 1. The molecule has 2 atom stereocenters. The highest BCUT2D eigenvalue weighted by Gasteiger charge is 2.28. The van der Waals surface area contributed by atoms with Gasteiger partial charge in [0.1, 0.15) is 0 Å². The fourth-order valence-electron chi connectivity index (χ4n) is 5.00. The molecule has 1 aliphatic heterocycles. The number of nitrogens with one attached hydrogen (secondary N) is 1. The zero-order valence-electron chi connectivity index (χ0n) is 20.5. The molecule has 1 fully saturated rings. The molecule has 2 unspecified atom stereocenters. The van der Waals surface area contributed by atoms with Gasteiger partial charge < -0.3 is 14.8 Å². The monoisotopic (exact) mass is 468 g/mol. The molecule has 34 heavy (non-hydrogen) atoms. The van der Waals surface area contributed by atoms with Crippen molar-refractivity contribution in [2.75, 3.05) is 19.8 Å². The van der Waals surface area contributed by atoms with E-state index >= 15 is 0 Å². The third-order valence-corrected chi connectivity index (χ3v) is 6.61. The fraction of sp³-hybridized carbons (Fsp3) is 0.600. The average molecular weight is 469 g/mol. The minimum atomic E-state index is -0.0809. The summed E-state index contributed by atoms with van der Waals surface area (Å²) < 4.78 is 7.67. The lowest BCUT2D eigenvalue weighted by Gasteiger charge is -2.31. The van der Waals surface area contributed by atoms with Crippen molar-refractivity contribution in [3.63, 3.8) is 0 Å². The molecule has 0 bridgehead atoms. The molecule has 0 saturated carbocycles. The number of aliphatic hydroxyl groups is 1. The maximum absolute atomic E-state index is 13.1. The number of tetrazole rings is 1. The third-order valence-electron chi connectivity index (χ3n) is 6.61. The molecule has 1 saturated heterocycles. The summed E-state index contributed by atoms with van der Waals surface area (Å²) in [5.41, 5.74) is 3.73.